The summed E-state index contributed by atoms with van der Waals surface area (Å²) in [7, 11) is -3.54. The number of carbonyl (C=O) groups excluding carboxylic acids is 1. The van der Waals surface area contributed by atoms with Gasteiger partial charge in [0.05, 0.1) is 18.0 Å². The number of sulfonamides is 1. The maximum absolute atomic E-state index is 11.5. The molecular formula is C26H31N3O5S. The quantitative estimate of drug-likeness (QED) is 0.259. The Bertz CT molecular complexity index is 1230. The van der Waals surface area contributed by atoms with E-state index in [2.05, 4.69) is 15.4 Å². The molecule has 1 amide bonds. The molecule has 3 aromatic rings. The zero-order valence-electron chi connectivity index (χ0n) is 19.7. The van der Waals surface area contributed by atoms with Gasteiger partial charge in [-0.05, 0) is 53.8 Å². The molecule has 0 saturated heterocycles. The molecule has 0 aromatic heterocycles. The number of anilines is 2. The van der Waals surface area contributed by atoms with E-state index in [1.54, 1.807) is 6.07 Å². The second-order valence-corrected chi connectivity index (χ2v) is 10.3. The highest BCUT2D eigenvalue weighted by Crippen LogP contribution is 2.26. The molecule has 9 heteroatoms. The Balaban J connectivity index is 1.69. The van der Waals surface area contributed by atoms with Crippen LogP contribution in [0.5, 0.6) is 5.75 Å². The van der Waals surface area contributed by atoms with Crippen molar-refractivity contribution in [1.82, 2.24) is 5.32 Å². The second-order valence-electron chi connectivity index (χ2n) is 8.54. The summed E-state index contributed by atoms with van der Waals surface area (Å²) in [5.74, 6) is -0.318. The number of nitrogens with one attached hydrogen (secondary N) is 3. The maximum Gasteiger partial charge on any atom is 0.229 e. The van der Waals surface area contributed by atoms with Crippen LogP contribution >= 0.6 is 0 Å². The zero-order chi connectivity index (χ0) is 25.4. The highest BCUT2D eigenvalue weighted by molar-refractivity contribution is 7.92. The minimum absolute atomic E-state index is 0.0753. The number of aromatic hydroxyl groups is 1. The SMILES string of the molecule is CC(=O)Nc1ccc(C(Cc2ccccc2)NC[C@@H](O)Cc2ccc(O)c(NS(C)(=O)=O)c2)cc1. The third-order valence-corrected chi connectivity index (χ3v) is 5.93. The summed E-state index contributed by atoms with van der Waals surface area (Å²) in [4.78, 5) is 11.3. The maximum atomic E-state index is 11.5. The Kier molecular flexibility index (Phi) is 8.86. The summed E-state index contributed by atoms with van der Waals surface area (Å²) >= 11 is 0. The number of hydrogen-bond donors (Lipinski definition) is 5. The van der Waals surface area contributed by atoms with E-state index in [0.29, 0.717) is 24.2 Å². The Morgan fingerprint density at radius 1 is 0.943 bits per heavy atom. The first kappa shape index (κ1) is 26.2. The van der Waals surface area contributed by atoms with Gasteiger partial charge in [-0.3, -0.25) is 9.52 Å². The number of phenols is 1. The number of carbonyl (C=O) groups is 1. The van der Waals surface area contributed by atoms with Crippen LogP contribution in [0.15, 0.2) is 72.8 Å². The fraction of sp³-hybridized carbons (Fsp3) is 0.269. The van der Waals surface area contributed by atoms with Gasteiger partial charge in [-0.15, -0.1) is 0 Å². The molecule has 2 atom stereocenters. The largest absolute Gasteiger partial charge is 0.506 e. The van der Waals surface area contributed by atoms with Crippen LogP contribution in [-0.4, -0.2) is 43.4 Å². The molecule has 0 bridgehead atoms. The Labute approximate surface area is 206 Å². The smallest absolute Gasteiger partial charge is 0.229 e. The molecule has 0 aliphatic carbocycles. The van der Waals surface area contributed by atoms with Gasteiger partial charge in [0.2, 0.25) is 15.9 Å². The fourth-order valence-corrected chi connectivity index (χ4v) is 4.34. The zero-order valence-corrected chi connectivity index (χ0v) is 20.5. The van der Waals surface area contributed by atoms with E-state index >= 15 is 0 Å². The van der Waals surface area contributed by atoms with Crippen molar-refractivity contribution >= 4 is 27.3 Å². The molecule has 0 spiro atoms. The summed E-state index contributed by atoms with van der Waals surface area (Å²) in [5.41, 5.74) is 3.62. The molecule has 0 aliphatic rings. The van der Waals surface area contributed by atoms with E-state index < -0.39 is 16.1 Å². The van der Waals surface area contributed by atoms with Crippen LogP contribution in [0, 0.1) is 0 Å². The highest BCUT2D eigenvalue weighted by Gasteiger charge is 2.16. The van der Waals surface area contributed by atoms with Crippen molar-refractivity contribution in [1.29, 1.82) is 0 Å². The lowest BCUT2D eigenvalue weighted by Crippen LogP contribution is -2.32. The number of benzene rings is 3. The average Bonchev–Trinajstić information content (AvgIpc) is 2.79. The molecule has 0 radical (unpaired) electrons. The molecule has 0 aliphatic heterocycles. The first-order chi connectivity index (χ1) is 16.6. The molecule has 8 nitrogen and oxygen atoms in total. The fourth-order valence-electron chi connectivity index (χ4n) is 3.77. The Hall–Kier alpha value is -3.40. The Morgan fingerprint density at radius 2 is 1.63 bits per heavy atom. The first-order valence-electron chi connectivity index (χ1n) is 11.2. The lowest BCUT2D eigenvalue weighted by atomic mass is 9.98. The summed E-state index contributed by atoms with van der Waals surface area (Å²) in [6, 6.07) is 22.1. The minimum atomic E-state index is -3.54. The summed E-state index contributed by atoms with van der Waals surface area (Å²) < 4.78 is 25.3. The van der Waals surface area contributed by atoms with Gasteiger partial charge >= 0.3 is 0 Å². The van der Waals surface area contributed by atoms with Gasteiger partial charge in [0.25, 0.3) is 0 Å². The number of aliphatic hydroxyl groups is 1. The molecule has 0 fully saturated rings. The van der Waals surface area contributed by atoms with Crippen molar-refractivity contribution in [2.24, 2.45) is 0 Å². The first-order valence-corrected chi connectivity index (χ1v) is 13.1. The highest BCUT2D eigenvalue weighted by atomic mass is 32.2. The third-order valence-electron chi connectivity index (χ3n) is 5.34. The van der Waals surface area contributed by atoms with Crippen LogP contribution in [0.3, 0.4) is 0 Å². The van der Waals surface area contributed by atoms with Crippen LogP contribution in [-0.2, 0) is 27.7 Å². The Morgan fingerprint density at radius 3 is 2.26 bits per heavy atom. The van der Waals surface area contributed by atoms with Crippen LogP contribution in [0.25, 0.3) is 0 Å². The van der Waals surface area contributed by atoms with Crippen molar-refractivity contribution < 1.29 is 23.4 Å². The average molecular weight is 498 g/mol. The van der Waals surface area contributed by atoms with Gasteiger partial charge in [0.15, 0.2) is 0 Å². The third kappa shape index (κ3) is 8.71. The minimum Gasteiger partial charge on any atom is -0.506 e. The molecule has 0 saturated carbocycles. The van der Waals surface area contributed by atoms with Gasteiger partial charge in [0.1, 0.15) is 5.75 Å². The van der Waals surface area contributed by atoms with Crippen LogP contribution in [0.2, 0.25) is 0 Å². The number of aliphatic hydroxyl groups excluding tert-OH is 1. The normalized spacial score (nSPS) is 13.1. The van der Waals surface area contributed by atoms with Crippen molar-refractivity contribution in [3.63, 3.8) is 0 Å². The van der Waals surface area contributed by atoms with E-state index in [1.807, 2.05) is 54.6 Å². The lowest BCUT2D eigenvalue weighted by molar-refractivity contribution is -0.114. The number of hydrogen-bond acceptors (Lipinski definition) is 6. The van der Waals surface area contributed by atoms with Crippen molar-refractivity contribution in [2.75, 3.05) is 22.8 Å². The second kappa shape index (κ2) is 11.8. The van der Waals surface area contributed by atoms with E-state index in [-0.39, 0.29) is 29.8 Å². The van der Waals surface area contributed by atoms with Crippen molar-refractivity contribution in [3.05, 3.63) is 89.5 Å². The molecule has 3 aromatic carbocycles. The van der Waals surface area contributed by atoms with Gasteiger partial charge in [-0.2, -0.15) is 0 Å². The predicted octanol–water partition coefficient (Wildman–Crippen LogP) is 3.20. The van der Waals surface area contributed by atoms with E-state index in [0.717, 1.165) is 17.4 Å². The van der Waals surface area contributed by atoms with Crippen molar-refractivity contribution in [2.45, 2.75) is 31.9 Å². The van der Waals surface area contributed by atoms with Crippen LogP contribution < -0.4 is 15.4 Å². The van der Waals surface area contributed by atoms with E-state index in [9.17, 15) is 23.4 Å². The number of phenolic OH excluding ortho intramolecular Hbond substituents is 1. The van der Waals surface area contributed by atoms with Gasteiger partial charge in [-0.25, -0.2) is 8.42 Å². The summed E-state index contributed by atoms with van der Waals surface area (Å²) in [6.45, 7) is 1.75. The molecular weight excluding hydrogens is 466 g/mol. The van der Waals surface area contributed by atoms with Gasteiger partial charge in [-0.1, -0.05) is 48.5 Å². The number of amides is 1. The van der Waals surface area contributed by atoms with Gasteiger partial charge in [0, 0.05) is 25.2 Å². The predicted molar refractivity (Wildman–Crippen MR) is 138 cm³/mol. The van der Waals surface area contributed by atoms with Crippen molar-refractivity contribution in [3.8, 4) is 5.75 Å². The molecule has 3 rings (SSSR count). The molecule has 5 N–H and O–H groups in total. The molecule has 1 unspecified atom stereocenters. The molecule has 0 heterocycles. The van der Waals surface area contributed by atoms with E-state index in [4.69, 9.17) is 0 Å². The van der Waals surface area contributed by atoms with Crippen LogP contribution in [0.1, 0.15) is 29.7 Å². The standard InChI is InChI=1S/C26H31N3O5S/c1-18(30)28-22-11-9-21(10-12-22)24(15-19-6-4-3-5-7-19)27-17-23(31)14-20-8-13-26(32)25(16-20)29-35(2,33)34/h3-13,16,23-24,27,29,31-32H,14-15,17H2,1-2H3,(H,28,30)/t23-,24?/m0/s1. The number of rotatable bonds is 11. The molecule has 35 heavy (non-hydrogen) atoms. The van der Waals surface area contributed by atoms with Gasteiger partial charge < -0.3 is 20.8 Å². The lowest BCUT2D eigenvalue weighted by Gasteiger charge is -2.22. The van der Waals surface area contributed by atoms with Crippen LogP contribution in [0.4, 0.5) is 11.4 Å². The molecule has 186 valence electrons. The monoisotopic (exact) mass is 497 g/mol. The summed E-state index contributed by atoms with van der Waals surface area (Å²) in [5, 5.41) is 26.8. The topological polar surface area (TPSA) is 128 Å². The van der Waals surface area contributed by atoms with E-state index in [1.165, 1.54) is 19.1 Å². The summed E-state index contributed by atoms with van der Waals surface area (Å²) in [6.07, 6.45) is 1.23.